The minimum atomic E-state index is -0.810. The second-order valence-electron chi connectivity index (χ2n) is 7.97. The van der Waals surface area contributed by atoms with Crippen molar-refractivity contribution in [3.05, 3.63) is 35.9 Å². The van der Waals surface area contributed by atoms with E-state index in [2.05, 4.69) is 10.6 Å². The smallest absolute Gasteiger partial charge is 0.328 e. The number of carbonyl (C=O) groups is 4. The van der Waals surface area contributed by atoms with Crippen LogP contribution in [0.1, 0.15) is 45.6 Å². The molecule has 0 bridgehead atoms. The van der Waals surface area contributed by atoms with Crippen LogP contribution in [0.3, 0.4) is 0 Å². The molecule has 8 nitrogen and oxygen atoms in total. The Balaban J connectivity index is 1.83. The molecule has 0 aromatic heterocycles. The van der Waals surface area contributed by atoms with Crippen LogP contribution in [-0.4, -0.2) is 46.4 Å². The molecule has 2 amide bonds. The zero-order valence-corrected chi connectivity index (χ0v) is 20.8. The second-order valence-corrected chi connectivity index (χ2v) is 9.84. The Morgan fingerprint density at radius 1 is 1.19 bits per heavy atom. The molecule has 176 valence electrons. The van der Waals surface area contributed by atoms with Crippen LogP contribution in [-0.2, 0) is 35.3 Å². The van der Waals surface area contributed by atoms with E-state index in [-0.39, 0.29) is 40.8 Å². The normalized spacial score (nSPS) is 20.2. The van der Waals surface area contributed by atoms with E-state index in [4.69, 9.17) is 9.47 Å². The first-order valence-electron chi connectivity index (χ1n) is 10.9. The van der Waals surface area contributed by atoms with Crippen LogP contribution in [0.25, 0.3) is 0 Å². The van der Waals surface area contributed by atoms with Gasteiger partial charge in [0.1, 0.15) is 18.6 Å². The molecule has 5 atom stereocenters. The van der Waals surface area contributed by atoms with Crippen LogP contribution in [0, 0.1) is 11.8 Å². The Kier molecular flexibility index (Phi) is 10.4. The highest BCUT2D eigenvalue weighted by Gasteiger charge is 2.49. The molecule has 1 aliphatic heterocycles. The highest BCUT2D eigenvalue weighted by molar-refractivity contribution is 14.1. The summed E-state index contributed by atoms with van der Waals surface area (Å²) < 4.78 is 10.1. The van der Waals surface area contributed by atoms with Crippen molar-refractivity contribution in [1.29, 1.82) is 0 Å². The SMILES string of the molecule is CC[C@H](C)[C@@H]1C(=O)OC1C(=O)NCCC[C@H](NC(=O)[C@H](C)I)C(=O)OCc1ccccc1. The van der Waals surface area contributed by atoms with E-state index in [1.807, 2.05) is 66.8 Å². The predicted octanol–water partition coefficient (Wildman–Crippen LogP) is 2.52. The zero-order chi connectivity index (χ0) is 23.7. The van der Waals surface area contributed by atoms with E-state index in [0.29, 0.717) is 12.8 Å². The number of halogens is 1. The number of benzene rings is 1. The number of esters is 2. The van der Waals surface area contributed by atoms with E-state index in [9.17, 15) is 19.2 Å². The summed E-state index contributed by atoms with van der Waals surface area (Å²) in [5, 5.41) is 5.48. The Morgan fingerprint density at radius 2 is 1.88 bits per heavy atom. The minimum absolute atomic E-state index is 0.0706. The highest BCUT2D eigenvalue weighted by Crippen LogP contribution is 2.31. The summed E-state index contributed by atoms with van der Waals surface area (Å²) in [5.41, 5.74) is 0.853. The van der Waals surface area contributed by atoms with E-state index in [1.165, 1.54) is 0 Å². The third-order valence-corrected chi connectivity index (χ3v) is 6.08. The number of alkyl halides is 1. The number of ether oxygens (including phenoxy) is 2. The molecule has 1 aromatic rings. The number of cyclic esters (lactones) is 1. The van der Waals surface area contributed by atoms with E-state index < -0.39 is 24.0 Å². The fraction of sp³-hybridized carbons (Fsp3) is 0.565. The summed E-state index contributed by atoms with van der Waals surface area (Å²) in [6.07, 6.45) is 0.776. The number of hydrogen-bond acceptors (Lipinski definition) is 6. The summed E-state index contributed by atoms with van der Waals surface area (Å²) in [6.45, 7) is 6.03. The van der Waals surface area contributed by atoms with Gasteiger partial charge in [-0.3, -0.25) is 14.4 Å². The van der Waals surface area contributed by atoms with Crippen molar-refractivity contribution in [2.24, 2.45) is 11.8 Å². The lowest BCUT2D eigenvalue weighted by Gasteiger charge is -2.37. The summed E-state index contributed by atoms with van der Waals surface area (Å²) in [7, 11) is 0. The molecular weight excluding hydrogens is 527 g/mol. The largest absolute Gasteiger partial charge is 0.459 e. The Hall–Kier alpha value is -2.17. The predicted molar refractivity (Wildman–Crippen MR) is 127 cm³/mol. The van der Waals surface area contributed by atoms with Gasteiger partial charge in [-0.2, -0.15) is 0 Å². The highest BCUT2D eigenvalue weighted by atomic mass is 127. The second kappa shape index (κ2) is 12.8. The Bertz CT molecular complexity index is 801. The zero-order valence-electron chi connectivity index (χ0n) is 18.6. The monoisotopic (exact) mass is 558 g/mol. The van der Waals surface area contributed by atoms with E-state index >= 15 is 0 Å². The lowest BCUT2D eigenvalue weighted by atomic mass is 9.83. The molecule has 1 heterocycles. The van der Waals surface area contributed by atoms with E-state index in [1.54, 1.807) is 6.92 Å². The van der Waals surface area contributed by atoms with E-state index in [0.717, 1.165) is 12.0 Å². The standard InChI is InChI=1S/C23H31IN2O6/c1-4-14(2)18-19(32-23(18)30)21(28)25-12-8-11-17(26-20(27)15(3)24)22(29)31-13-16-9-6-5-7-10-16/h5-7,9-10,14-15,17-19H,4,8,11-13H2,1-3H3,(H,25,28)(H,26,27)/t14-,15-,17-,18-,19?/m0/s1. The van der Waals surface area contributed by atoms with Gasteiger partial charge >= 0.3 is 11.9 Å². The van der Waals surface area contributed by atoms with Crippen molar-refractivity contribution in [3.8, 4) is 0 Å². The van der Waals surface area contributed by atoms with Crippen molar-refractivity contribution in [2.75, 3.05) is 6.54 Å². The lowest BCUT2D eigenvalue weighted by molar-refractivity contribution is -0.193. The third-order valence-electron chi connectivity index (χ3n) is 5.51. The van der Waals surface area contributed by atoms with Crippen molar-refractivity contribution in [2.45, 2.75) is 62.7 Å². The molecule has 0 aliphatic carbocycles. The first-order chi connectivity index (χ1) is 15.2. The topological polar surface area (TPSA) is 111 Å². The molecule has 0 radical (unpaired) electrons. The molecule has 1 fully saturated rings. The molecular formula is C23H31IN2O6. The summed E-state index contributed by atoms with van der Waals surface area (Å²) in [6, 6.07) is 8.48. The maximum Gasteiger partial charge on any atom is 0.328 e. The van der Waals surface area contributed by atoms with Gasteiger partial charge in [-0.15, -0.1) is 0 Å². The molecule has 2 rings (SSSR count). The molecule has 0 saturated carbocycles. The molecule has 32 heavy (non-hydrogen) atoms. The van der Waals surface area contributed by atoms with Crippen LogP contribution in [0.15, 0.2) is 30.3 Å². The van der Waals surface area contributed by atoms with Crippen LogP contribution in [0.5, 0.6) is 0 Å². The van der Waals surface area contributed by atoms with Gasteiger partial charge in [-0.1, -0.05) is 73.2 Å². The minimum Gasteiger partial charge on any atom is -0.459 e. The molecule has 9 heteroatoms. The fourth-order valence-electron chi connectivity index (χ4n) is 3.31. The van der Waals surface area contributed by atoms with Crippen molar-refractivity contribution >= 4 is 46.3 Å². The number of amides is 2. The molecule has 0 spiro atoms. The van der Waals surface area contributed by atoms with Crippen molar-refractivity contribution < 1.29 is 28.7 Å². The summed E-state index contributed by atoms with van der Waals surface area (Å²) in [5.74, 6) is -1.78. The van der Waals surface area contributed by atoms with Gasteiger partial charge in [0.2, 0.25) is 5.91 Å². The van der Waals surface area contributed by atoms with Gasteiger partial charge in [0.05, 0.1) is 3.92 Å². The maximum absolute atomic E-state index is 12.6. The van der Waals surface area contributed by atoms with Crippen LogP contribution in [0.4, 0.5) is 0 Å². The lowest BCUT2D eigenvalue weighted by Crippen LogP contribution is -2.56. The first kappa shape index (κ1) is 26.1. The Labute approximate surface area is 202 Å². The van der Waals surface area contributed by atoms with Crippen LogP contribution in [0.2, 0.25) is 0 Å². The first-order valence-corrected chi connectivity index (χ1v) is 12.1. The molecule has 2 N–H and O–H groups in total. The number of nitrogens with one attached hydrogen (secondary N) is 2. The maximum atomic E-state index is 12.6. The van der Waals surface area contributed by atoms with Gasteiger partial charge in [-0.05, 0) is 31.2 Å². The molecule has 1 aromatic carbocycles. The van der Waals surface area contributed by atoms with Crippen molar-refractivity contribution in [1.82, 2.24) is 10.6 Å². The van der Waals surface area contributed by atoms with Gasteiger partial charge in [0.15, 0.2) is 6.10 Å². The number of hydrogen-bond donors (Lipinski definition) is 2. The fourth-order valence-corrected chi connectivity index (χ4v) is 3.49. The molecule has 1 unspecified atom stereocenters. The van der Waals surface area contributed by atoms with Crippen molar-refractivity contribution in [3.63, 3.8) is 0 Å². The average molecular weight is 558 g/mol. The van der Waals surface area contributed by atoms with Gasteiger partial charge < -0.3 is 20.1 Å². The van der Waals surface area contributed by atoms with Crippen LogP contribution >= 0.6 is 22.6 Å². The average Bonchev–Trinajstić information content (AvgIpc) is 2.77. The Morgan fingerprint density at radius 3 is 2.47 bits per heavy atom. The summed E-state index contributed by atoms with van der Waals surface area (Å²) >= 11 is 1.98. The summed E-state index contributed by atoms with van der Waals surface area (Å²) in [4.78, 5) is 48.7. The quantitative estimate of drug-likeness (QED) is 0.177. The number of carbonyl (C=O) groups excluding carboxylic acids is 4. The van der Waals surface area contributed by atoms with Gasteiger partial charge in [-0.25, -0.2) is 4.79 Å². The number of rotatable bonds is 12. The molecule has 1 saturated heterocycles. The van der Waals surface area contributed by atoms with Gasteiger partial charge in [0.25, 0.3) is 5.91 Å². The van der Waals surface area contributed by atoms with Crippen LogP contribution < -0.4 is 10.6 Å². The third kappa shape index (κ3) is 7.46. The molecule has 1 aliphatic rings. The van der Waals surface area contributed by atoms with Gasteiger partial charge in [0, 0.05) is 6.54 Å².